The molecule has 0 aromatic heterocycles. The lowest BCUT2D eigenvalue weighted by Gasteiger charge is -2.32. The van der Waals surface area contributed by atoms with Crippen LogP contribution < -0.4 is 5.32 Å². The van der Waals surface area contributed by atoms with E-state index in [4.69, 9.17) is 0 Å². The van der Waals surface area contributed by atoms with Crippen molar-refractivity contribution < 1.29 is 5.11 Å². The second-order valence-corrected chi connectivity index (χ2v) is 6.77. The number of nitrogens with one attached hydrogen (secondary N) is 1. The Hall–Kier alpha value is -0.860. The number of benzene rings is 1. The molecular formula is C19H31NO. The van der Waals surface area contributed by atoms with Crippen LogP contribution in [-0.2, 0) is 0 Å². The molecule has 2 rings (SSSR count). The zero-order valence-electron chi connectivity index (χ0n) is 14.1. The molecule has 0 bridgehead atoms. The lowest BCUT2D eigenvalue weighted by Crippen LogP contribution is -2.42. The van der Waals surface area contributed by atoms with Gasteiger partial charge in [0.05, 0.1) is 6.10 Å². The normalized spacial score (nSPS) is 19.5. The second kappa shape index (κ2) is 7.42. The van der Waals surface area contributed by atoms with Crippen molar-refractivity contribution in [1.29, 1.82) is 0 Å². The Morgan fingerprint density at radius 3 is 2.19 bits per heavy atom. The van der Waals surface area contributed by atoms with Gasteiger partial charge in [0.1, 0.15) is 0 Å². The fourth-order valence-corrected chi connectivity index (χ4v) is 3.86. The Kier molecular flexibility index (Phi) is 5.83. The van der Waals surface area contributed by atoms with Gasteiger partial charge in [0.2, 0.25) is 0 Å². The van der Waals surface area contributed by atoms with Gasteiger partial charge in [0.25, 0.3) is 0 Å². The summed E-state index contributed by atoms with van der Waals surface area (Å²) in [7, 11) is 0. The zero-order valence-corrected chi connectivity index (χ0v) is 14.1. The molecule has 2 N–H and O–H groups in total. The van der Waals surface area contributed by atoms with Crippen molar-refractivity contribution >= 4 is 0 Å². The predicted octanol–water partition coefficient (Wildman–Crippen LogP) is 4.35. The third-order valence-corrected chi connectivity index (χ3v) is 4.91. The summed E-state index contributed by atoms with van der Waals surface area (Å²) in [5, 5.41) is 14.6. The first-order valence-electron chi connectivity index (χ1n) is 8.54. The monoisotopic (exact) mass is 289 g/mol. The summed E-state index contributed by atoms with van der Waals surface area (Å²) >= 11 is 0. The minimum absolute atomic E-state index is 0.160. The molecule has 2 heteroatoms. The Bertz CT molecular complexity index is 440. The smallest absolute Gasteiger partial charge is 0.0948 e. The highest BCUT2D eigenvalue weighted by molar-refractivity contribution is 5.39. The van der Waals surface area contributed by atoms with Crippen molar-refractivity contribution in [2.45, 2.75) is 84.4 Å². The molecule has 1 fully saturated rings. The van der Waals surface area contributed by atoms with Crippen LogP contribution in [0.5, 0.6) is 0 Å². The topological polar surface area (TPSA) is 32.3 Å². The van der Waals surface area contributed by atoms with E-state index < -0.39 is 6.10 Å². The minimum Gasteiger partial charge on any atom is -0.387 e. The third-order valence-electron chi connectivity index (χ3n) is 4.91. The van der Waals surface area contributed by atoms with Gasteiger partial charge in [-0.05, 0) is 56.7 Å². The van der Waals surface area contributed by atoms with Gasteiger partial charge in [0.15, 0.2) is 0 Å². The van der Waals surface area contributed by atoms with Gasteiger partial charge < -0.3 is 10.4 Å². The lowest BCUT2D eigenvalue weighted by molar-refractivity contribution is 0.113. The maximum absolute atomic E-state index is 10.9. The summed E-state index contributed by atoms with van der Waals surface area (Å²) in [5.74, 6) is 0. The van der Waals surface area contributed by atoms with Crippen LogP contribution in [0.4, 0.5) is 0 Å². The largest absolute Gasteiger partial charge is 0.387 e. The van der Waals surface area contributed by atoms with Gasteiger partial charge in [0, 0.05) is 12.1 Å². The van der Waals surface area contributed by atoms with Gasteiger partial charge in [-0.25, -0.2) is 0 Å². The average Bonchev–Trinajstić information content (AvgIpc) is 2.44. The van der Waals surface area contributed by atoms with Crippen LogP contribution in [-0.4, -0.2) is 17.2 Å². The summed E-state index contributed by atoms with van der Waals surface area (Å²) < 4.78 is 0. The molecule has 2 nitrogen and oxygen atoms in total. The number of hydrogen-bond donors (Lipinski definition) is 2. The molecule has 1 saturated carbocycles. The van der Waals surface area contributed by atoms with Crippen molar-refractivity contribution in [3.8, 4) is 0 Å². The molecule has 21 heavy (non-hydrogen) atoms. The molecular weight excluding hydrogens is 258 g/mol. The molecule has 2 atom stereocenters. The van der Waals surface area contributed by atoms with E-state index in [1.807, 2.05) is 0 Å². The van der Waals surface area contributed by atoms with Crippen molar-refractivity contribution in [3.63, 3.8) is 0 Å². The van der Waals surface area contributed by atoms with E-state index in [1.54, 1.807) is 0 Å². The Balaban J connectivity index is 2.14. The Morgan fingerprint density at radius 1 is 1.10 bits per heavy atom. The van der Waals surface area contributed by atoms with E-state index in [-0.39, 0.29) is 6.04 Å². The molecule has 0 amide bonds. The lowest BCUT2D eigenvalue weighted by atomic mass is 9.89. The fraction of sp³-hybridized carbons (Fsp3) is 0.684. The maximum Gasteiger partial charge on any atom is 0.0948 e. The van der Waals surface area contributed by atoms with Crippen LogP contribution in [0.25, 0.3) is 0 Å². The number of aryl methyl sites for hydroxylation is 3. The van der Waals surface area contributed by atoms with Crippen LogP contribution in [0.3, 0.4) is 0 Å². The molecule has 1 aliphatic rings. The Labute approximate surface area is 130 Å². The average molecular weight is 289 g/mol. The number of aliphatic hydroxyl groups excluding tert-OH is 1. The number of aliphatic hydroxyl groups is 1. The van der Waals surface area contributed by atoms with E-state index >= 15 is 0 Å². The first-order chi connectivity index (χ1) is 10.0. The second-order valence-electron chi connectivity index (χ2n) is 6.77. The molecule has 0 radical (unpaired) electrons. The quantitative estimate of drug-likeness (QED) is 0.845. The SMILES string of the molecule is CCC(NC1CCCCC1)C(O)c1c(C)cc(C)cc1C. The molecule has 1 aromatic carbocycles. The molecule has 0 spiro atoms. The van der Waals surface area contributed by atoms with Crippen LogP contribution in [0.2, 0.25) is 0 Å². The Morgan fingerprint density at radius 2 is 1.67 bits per heavy atom. The summed E-state index contributed by atoms with van der Waals surface area (Å²) in [5.41, 5.74) is 4.82. The van der Waals surface area contributed by atoms with Crippen LogP contribution in [0.1, 0.15) is 73.8 Å². The van der Waals surface area contributed by atoms with Crippen LogP contribution in [0.15, 0.2) is 12.1 Å². The van der Waals surface area contributed by atoms with E-state index in [0.29, 0.717) is 6.04 Å². The highest BCUT2D eigenvalue weighted by atomic mass is 16.3. The first kappa shape index (κ1) is 16.5. The number of hydrogen-bond acceptors (Lipinski definition) is 2. The van der Waals surface area contributed by atoms with Gasteiger partial charge in [-0.3, -0.25) is 0 Å². The molecule has 0 heterocycles. The number of rotatable bonds is 5. The van der Waals surface area contributed by atoms with Gasteiger partial charge in [-0.2, -0.15) is 0 Å². The first-order valence-corrected chi connectivity index (χ1v) is 8.54. The predicted molar refractivity (Wildman–Crippen MR) is 89.7 cm³/mol. The highest BCUT2D eigenvalue weighted by Gasteiger charge is 2.25. The summed E-state index contributed by atoms with van der Waals surface area (Å²) in [4.78, 5) is 0. The van der Waals surface area contributed by atoms with Crippen molar-refractivity contribution in [1.82, 2.24) is 5.32 Å². The van der Waals surface area contributed by atoms with E-state index in [9.17, 15) is 5.11 Å². The van der Waals surface area contributed by atoms with E-state index in [2.05, 4.69) is 45.1 Å². The molecule has 1 aliphatic carbocycles. The van der Waals surface area contributed by atoms with Crippen molar-refractivity contribution in [3.05, 3.63) is 34.4 Å². The molecule has 2 unspecified atom stereocenters. The molecule has 0 saturated heterocycles. The molecule has 1 aromatic rings. The van der Waals surface area contributed by atoms with E-state index in [0.717, 1.165) is 12.0 Å². The van der Waals surface area contributed by atoms with Crippen molar-refractivity contribution in [2.24, 2.45) is 0 Å². The van der Waals surface area contributed by atoms with Gasteiger partial charge >= 0.3 is 0 Å². The van der Waals surface area contributed by atoms with Crippen molar-refractivity contribution in [2.75, 3.05) is 0 Å². The molecule has 118 valence electrons. The van der Waals surface area contributed by atoms with Crippen LogP contribution in [0, 0.1) is 20.8 Å². The minimum atomic E-state index is -0.405. The third kappa shape index (κ3) is 4.08. The van der Waals surface area contributed by atoms with Crippen LogP contribution >= 0.6 is 0 Å². The van der Waals surface area contributed by atoms with E-state index in [1.165, 1.54) is 48.8 Å². The zero-order chi connectivity index (χ0) is 15.4. The maximum atomic E-state index is 10.9. The summed E-state index contributed by atoms with van der Waals surface area (Å²) in [6, 6.07) is 5.11. The standard InChI is InChI=1S/C19H31NO/c1-5-17(20-16-9-7-6-8-10-16)19(21)18-14(3)11-13(2)12-15(18)4/h11-12,16-17,19-21H,5-10H2,1-4H3. The molecule has 0 aliphatic heterocycles. The fourth-order valence-electron chi connectivity index (χ4n) is 3.86. The summed E-state index contributed by atoms with van der Waals surface area (Å²) in [6.45, 7) is 8.52. The van der Waals surface area contributed by atoms with Gasteiger partial charge in [-0.15, -0.1) is 0 Å². The summed E-state index contributed by atoms with van der Waals surface area (Å²) in [6.07, 6.45) is 7.10. The highest BCUT2D eigenvalue weighted by Crippen LogP contribution is 2.28. The van der Waals surface area contributed by atoms with Gasteiger partial charge in [-0.1, -0.05) is 43.9 Å².